The zero-order chi connectivity index (χ0) is 20.7. The summed E-state index contributed by atoms with van der Waals surface area (Å²) in [4.78, 5) is 26.3. The Morgan fingerprint density at radius 1 is 1.07 bits per heavy atom. The van der Waals surface area contributed by atoms with Gasteiger partial charge in [0.05, 0.1) is 19.3 Å². The number of rotatable bonds is 8. The van der Waals surface area contributed by atoms with Gasteiger partial charge in [-0.2, -0.15) is 0 Å². The number of amides is 2. The number of nitrogens with zero attached hydrogens (tertiary/aromatic N) is 1. The Labute approximate surface area is 170 Å². The van der Waals surface area contributed by atoms with Gasteiger partial charge >= 0.3 is 0 Å². The Morgan fingerprint density at radius 2 is 1.79 bits per heavy atom. The van der Waals surface area contributed by atoms with Gasteiger partial charge in [-0.3, -0.25) is 14.5 Å². The molecule has 7 heteroatoms. The van der Waals surface area contributed by atoms with Gasteiger partial charge in [0.2, 0.25) is 11.8 Å². The van der Waals surface area contributed by atoms with Crippen molar-refractivity contribution in [3.05, 3.63) is 52.5 Å². The summed E-state index contributed by atoms with van der Waals surface area (Å²) in [5, 5.41) is 6.22. The molecule has 0 saturated heterocycles. The third-order valence-electron chi connectivity index (χ3n) is 4.45. The lowest BCUT2D eigenvalue weighted by Gasteiger charge is -2.17. The van der Waals surface area contributed by atoms with E-state index >= 15 is 0 Å². The molecule has 0 fully saturated rings. The number of hydrogen-bond acceptors (Lipinski definition) is 4. The van der Waals surface area contributed by atoms with E-state index < -0.39 is 0 Å². The van der Waals surface area contributed by atoms with Crippen LogP contribution in [0, 0.1) is 13.8 Å². The third-order valence-corrected chi connectivity index (χ3v) is 4.68. The number of halogens is 1. The summed E-state index contributed by atoms with van der Waals surface area (Å²) in [6.07, 6.45) is 0.239. The van der Waals surface area contributed by atoms with Crippen molar-refractivity contribution < 1.29 is 14.3 Å². The van der Waals surface area contributed by atoms with Crippen LogP contribution in [-0.4, -0.2) is 44.0 Å². The predicted molar refractivity (Wildman–Crippen MR) is 113 cm³/mol. The van der Waals surface area contributed by atoms with E-state index in [4.69, 9.17) is 16.3 Å². The molecule has 2 N–H and O–H groups in total. The molecule has 0 radical (unpaired) electrons. The molecule has 2 rings (SSSR count). The molecule has 0 aliphatic heterocycles. The minimum atomic E-state index is -0.178. The normalized spacial score (nSPS) is 10.6. The second-order valence-electron chi connectivity index (χ2n) is 6.68. The molecule has 0 saturated carbocycles. The van der Waals surface area contributed by atoms with Crippen LogP contribution in [0.1, 0.15) is 17.5 Å². The van der Waals surface area contributed by atoms with Gasteiger partial charge in [-0.05, 0) is 56.3 Å². The molecule has 0 unspecified atom stereocenters. The van der Waals surface area contributed by atoms with Crippen LogP contribution in [0.15, 0.2) is 36.4 Å². The van der Waals surface area contributed by atoms with Crippen LogP contribution < -0.4 is 15.4 Å². The highest BCUT2D eigenvalue weighted by atomic mass is 35.5. The number of anilines is 2. The Kier molecular flexibility index (Phi) is 7.84. The maximum Gasteiger partial charge on any atom is 0.238 e. The summed E-state index contributed by atoms with van der Waals surface area (Å²) >= 11 is 5.97. The lowest BCUT2D eigenvalue weighted by atomic mass is 10.1. The molecule has 2 amide bonds. The summed E-state index contributed by atoms with van der Waals surface area (Å²) in [6, 6.07) is 10.8. The third kappa shape index (κ3) is 6.25. The van der Waals surface area contributed by atoms with E-state index in [9.17, 15) is 9.59 Å². The van der Waals surface area contributed by atoms with E-state index in [1.165, 1.54) is 7.11 Å². The minimum Gasteiger partial charge on any atom is -0.495 e. The molecule has 28 heavy (non-hydrogen) atoms. The largest absolute Gasteiger partial charge is 0.495 e. The molecule has 0 aliphatic carbocycles. The molecule has 0 aromatic heterocycles. The molecular formula is C21H26ClN3O3. The number of carbonyl (C=O) groups excluding carboxylic acids is 2. The van der Waals surface area contributed by atoms with Crippen LogP contribution in [0.25, 0.3) is 0 Å². The number of methoxy groups -OCH3 is 1. The number of carbonyl (C=O) groups is 2. The number of nitrogens with one attached hydrogen (secondary N) is 2. The van der Waals surface area contributed by atoms with Gasteiger partial charge in [0.1, 0.15) is 5.75 Å². The van der Waals surface area contributed by atoms with Gasteiger partial charge in [0.15, 0.2) is 0 Å². The van der Waals surface area contributed by atoms with Gasteiger partial charge in [0.25, 0.3) is 0 Å². The molecule has 2 aromatic carbocycles. The summed E-state index contributed by atoms with van der Waals surface area (Å²) in [5.74, 6) is 0.245. The van der Waals surface area contributed by atoms with Crippen LogP contribution in [0.3, 0.4) is 0 Å². The van der Waals surface area contributed by atoms with Crippen molar-refractivity contribution in [1.29, 1.82) is 0 Å². The van der Waals surface area contributed by atoms with Crippen molar-refractivity contribution in [2.75, 3.05) is 37.9 Å². The van der Waals surface area contributed by atoms with Crippen LogP contribution >= 0.6 is 11.6 Å². The molecule has 0 heterocycles. The molecule has 0 atom stereocenters. The molecular weight excluding hydrogens is 378 g/mol. The van der Waals surface area contributed by atoms with E-state index in [0.29, 0.717) is 23.0 Å². The molecule has 0 spiro atoms. The highest BCUT2D eigenvalue weighted by molar-refractivity contribution is 6.31. The lowest BCUT2D eigenvalue weighted by Crippen LogP contribution is -2.32. The maximum atomic E-state index is 12.3. The fourth-order valence-corrected chi connectivity index (χ4v) is 2.86. The summed E-state index contributed by atoms with van der Waals surface area (Å²) < 4.78 is 5.22. The fraction of sp³-hybridized carbons (Fsp3) is 0.333. The zero-order valence-corrected chi connectivity index (χ0v) is 17.4. The summed E-state index contributed by atoms with van der Waals surface area (Å²) in [7, 11) is 3.33. The fourth-order valence-electron chi connectivity index (χ4n) is 2.68. The minimum absolute atomic E-state index is 0.117. The number of hydrogen-bond donors (Lipinski definition) is 2. The van der Waals surface area contributed by atoms with Gasteiger partial charge in [-0.1, -0.05) is 23.7 Å². The van der Waals surface area contributed by atoms with E-state index in [2.05, 4.69) is 10.6 Å². The SMILES string of the molecule is COc1ccc(Cl)cc1NC(=O)CCN(C)CC(=O)Nc1cccc(C)c1C. The van der Waals surface area contributed by atoms with E-state index in [-0.39, 0.29) is 24.8 Å². The number of aryl methyl sites for hydroxylation is 1. The predicted octanol–water partition coefficient (Wildman–Crippen LogP) is 3.86. The Morgan fingerprint density at radius 3 is 2.50 bits per heavy atom. The second-order valence-corrected chi connectivity index (χ2v) is 7.11. The first kappa shape index (κ1) is 21.7. The molecule has 2 aromatic rings. The zero-order valence-electron chi connectivity index (χ0n) is 16.6. The Bertz CT molecular complexity index is 855. The van der Waals surface area contributed by atoms with E-state index in [0.717, 1.165) is 16.8 Å². The van der Waals surface area contributed by atoms with Crippen molar-refractivity contribution in [2.45, 2.75) is 20.3 Å². The van der Waals surface area contributed by atoms with Gasteiger partial charge in [-0.15, -0.1) is 0 Å². The van der Waals surface area contributed by atoms with Gasteiger partial charge in [-0.25, -0.2) is 0 Å². The lowest BCUT2D eigenvalue weighted by molar-refractivity contribution is -0.119. The highest BCUT2D eigenvalue weighted by Crippen LogP contribution is 2.27. The van der Waals surface area contributed by atoms with Crippen molar-refractivity contribution in [1.82, 2.24) is 4.90 Å². The molecule has 0 bridgehead atoms. The maximum absolute atomic E-state index is 12.3. The number of benzene rings is 2. The first-order valence-corrected chi connectivity index (χ1v) is 9.36. The van der Waals surface area contributed by atoms with Crippen molar-refractivity contribution in [2.24, 2.45) is 0 Å². The standard InChI is InChI=1S/C21H26ClN3O3/c1-14-6-5-7-17(15(14)2)23-21(27)13-25(3)11-10-20(26)24-18-12-16(22)8-9-19(18)28-4/h5-9,12H,10-11,13H2,1-4H3,(H,23,27)(H,24,26). The quantitative estimate of drug-likeness (QED) is 0.702. The average Bonchev–Trinajstić information content (AvgIpc) is 2.64. The van der Waals surface area contributed by atoms with Crippen molar-refractivity contribution in [3.8, 4) is 5.75 Å². The van der Waals surface area contributed by atoms with Crippen LogP contribution in [0.4, 0.5) is 11.4 Å². The van der Waals surface area contributed by atoms with Crippen LogP contribution in [0.5, 0.6) is 5.75 Å². The smallest absolute Gasteiger partial charge is 0.238 e. The number of likely N-dealkylation sites (N-methyl/N-ethyl adjacent to an activating group) is 1. The highest BCUT2D eigenvalue weighted by Gasteiger charge is 2.12. The second kappa shape index (κ2) is 10.1. The van der Waals surface area contributed by atoms with Crippen molar-refractivity contribution >= 4 is 34.8 Å². The van der Waals surface area contributed by atoms with Crippen LogP contribution in [0.2, 0.25) is 5.02 Å². The van der Waals surface area contributed by atoms with E-state index in [1.54, 1.807) is 30.1 Å². The monoisotopic (exact) mass is 403 g/mol. The topological polar surface area (TPSA) is 70.7 Å². The average molecular weight is 404 g/mol. The van der Waals surface area contributed by atoms with Gasteiger partial charge < -0.3 is 15.4 Å². The summed E-state index contributed by atoms with van der Waals surface area (Å²) in [6.45, 7) is 4.61. The molecule has 150 valence electrons. The van der Waals surface area contributed by atoms with Crippen LogP contribution in [-0.2, 0) is 9.59 Å². The number of ether oxygens (including phenoxy) is 1. The molecule has 0 aliphatic rings. The first-order valence-electron chi connectivity index (χ1n) is 8.98. The molecule has 6 nitrogen and oxygen atoms in total. The Balaban J connectivity index is 1.82. The summed E-state index contributed by atoms with van der Waals surface area (Å²) in [5.41, 5.74) is 3.51. The van der Waals surface area contributed by atoms with Crippen molar-refractivity contribution in [3.63, 3.8) is 0 Å². The van der Waals surface area contributed by atoms with Gasteiger partial charge in [0, 0.05) is 23.7 Å². The first-order chi connectivity index (χ1) is 13.3. The van der Waals surface area contributed by atoms with E-state index in [1.807, 2.05) is 32.0 Å². The Hall–Kier alpha value is -2.57.